The molecule has 0 aliphatic carbocycles. The monoisotopic (exact) mass is 425 g/mol. The van der Waals surface area contributed by atoms with E-state index in [4.69, 9.17) is 0 Å². The van der Waals surface area contributed by atoms with Gasteiger partial charge in [0.25, 0.3) is 5.91 Å². The number of hydrogen-bond acceptors (Lipinski definition) is 4. The Hall–Kier alpha value is -2.18. The first-order valence-corrected chi connectivity index (χ1v) is 12.0. The summed E-state index contributed by atoms with van der Waals surface area (Å²) < 4.78 is 0. The molecule has 5 nitrogen and oxygen atoms in total. The van der Waals surface area contributed by atoms with Crippen LogP contribution >= 0.6 is 11.3 Å². The first-order valence-electron chi connectivity index (χ1n) is 11.0. The quantitative estimate of drug-likeness (QED) is 0.708. The van der Waals surface area contributed by atoms with E-state index in [1.165, 1.54) is 5.56 Å². The topological polar surface area (TPSA) is 43.9 Å². The van der Waals surface area contributed by atoms with Gasteiger partial charge in [-0.15, -0.1) is 0 Å². The lowest BCUT2D eigenvalue weighted by Gasteiger charge is -2.36. The van der Waals surface area contributed by atoms with Crippen LogP contribution in [0.4, 0.5) is 0 Å². The van der Waals surface area contributed by atoms with Gasteiger partial charge in [-0.05, 0) is 42.2 Å². The average Bonchev–Trinajstić information content (AvgIpc) is 3.33. The number of benzene rings is 1. The molecule has 2 aliphatic heterocycles. The molecule has 0 bridgehead atoms. The summed E-state index contributed by atoms with van der Waals surface area (Å²) in [5.74, 6) is 0.849. The van der Waals surface area contributed by atoms with Crippen LogP contribution in [0.3, 0.4) is 0 Å². The molecule has 0 spiro atoms. The zero-order chi connectivity index (χ0) is 20.8. The molecule has 1 aromatic carbocycles. The highest BCUT2D eigenvalue weighted by atomic mass is 32.1. The van der Waals surface area contributed by atoms with E-state index in [1.807, 2.05) is 32.7 Å². The summed E-state index contributed by atoms with van der Waals surface area (Å²) in [7, 11) is 0. The van der Waals surface area contributed by atoms with Gasteiger partial charge < -0.3 is 9.80 Å². The van der Waals surface area contributed by atoms with Gasteiger partial charge in [-0.1, -0.05) is 30.3 Å². The lowest BCUT2D eigenvalue weighted by Crippen LogP contribution is -2.48. The molecule has 30 heavy (non-hydrogen) atoms. The first kappa shape index (κ1) is 21.1. The maximum absolute atomic E-state index is 12.7. The molecular weight excluding hydrogens is 394 g/mol. The van der Waals surface area contributed by atoms with Crippen molar-refractivity contribution in [1.29, 1.82) is 0 Å². The second kappa shape index (κ2) is 10.2. The molecular formula is C24H31N3O2S. The zero-order valence-corrected chi connectivity index (χ0v) is 18.4. The van der Waals surface area contributed by atoms with E-state index in [9.17, 15) is 9.59 Å². The van der Waals surface area contributed by atoms with Crippen LogP contribution in [0.25, 0.3) is 0 Å². The van der Waals surface area contributed by atoms with Crippen molar-refractivity contribution >= 4 is 23.2 Å². The number of carbonyl (C=O) groups excluding carboxylic acids is 2. The summed E-state index contributed by atoms with van der Waals surface area (Å²) in [6.07, 6.45) is 3.64. The Kier molecular flexibility index (Phi) is 7.18. The highest BCUT2D eigenvalue weighted by molar-refractivity contribution is 7.08. The van der Waals surface area contributed by atoms with Crippen molar-refractivity contribution in [2.75, 3.05) is 39.3 Å². The van der Waals surface area contributed by atoms with E-state index >= 15 is 0 Å². The third-order valence-electron chi connectivity index (χ3n) is 6.31. The van der Waals surface area contributed by atoms with Crippen molar-refractivity contribution in [3.63, 3.8) is 0 Å². The maximum atomic E-state index is 12.7. The van der Waals surface area contributed by atoms with Crippen LogP contribution in [0, 0.1) is 5.92 Å². The maximum Gasteiger partial charge on any atom is 0.254 e. The van der Waals surface area contributed by atoms with Crippen LogP contribution in [0.15, 0.2) is 47.2 Å². The number of piperidine rings is 1. The second-order valence-corrected chi connectivity index (χ2v) is 9.23. The Morgan fingerprint density at radius 2 is 1.77 bits per heavy atom. The van der Waals surface area contributed by atoms with Crippen molar-refractivity contribution in [2.24, 2.45) is 5.92 Å². The van der Waals surface area contributed by atoms with Gasteiger partial charge in [-0.3, -0.25) is 14.5 Å². The lowest BCUT2D eigenvalue weighted by molar-refractivity contribution is -0.133. The smallest absolute Gasteiger partial charge is 0.254 e. The molecule has 6 heteroatoms. The van der Waals surface area contributed by atoms with E-state index in [1.54, 1.807) is 11.3 Å². The van der Waals surface area contributed by atoms with E-state index in [0.717, 1.165) is 70.6 Å². The number of likely N-dealkylation sites (tertiary alicyclic amines) is 1. The van der Waals surface area contributed by atoms with E-state index in [2.05, 4.69) is 29.2 Å². The Balaban J connectivity index is 1.19. The average molecular weight is 426 g/mol. The predicted molar refractivity (Wildman–Crippen MR) is 120 cm³/mol. The van der Waals surface area contributed by atoms with Gasteiger partial charge >= 0.3 is 0 Å². The van der Waals surface area contributed by atoms with Crippen molar-refractivity contribution in [2.45, 2.75) is 32.2 Å². The molecule has 0 N–H and O–H groups in total. The summed E-state index contributed by atoms with van der Waals surface area (Å²) in [5.41, 5.74) is 2.13. The van der Waals surface area contributed by atoms with Gasteiger partial charge in [-0.25, -0.2) is 0 Å². The number of nitrogens with zero attached hydrogens (tertiary/aromatic N) is 3. The second-order valence-electron chi connectivity index (χ2n) is 8.45. The first-order chi connectivity index (χ1) is 14.7. The Morgan fingerprint density at radius 3 is 2.50 bits per heavy atom. The third-order valence-corrected chi connectivity index (χ3v) is 7.00. The molecule has 2 saturated heterocycles. The van der Waals surface area contributed by atoms with E-state index in [-0.39, 0.29) is 11.8 Å². The summed E-state index contributed by atoms with van der Waals surface area (Å²) >= 11 is 1.56. The lowest BCUT2D eigenvalue weighted by atomic mass is 9.92. The largest absolute Gasteiger partial charge is 0.340 e. The molecule has 2 aromatic rings. The summed E-state index contributed by atoms with van der Waals surface area (Å²) in [6, 6.07) is 12.4. The van der Waals surface area contributed by atoms with Crippen molar-refractivity contribution in [1.82, 2.24) is 14.7 Å². The zero-order valence-electron chi connectivity index (χ0n) is 17.5. The minimum absolute atomic E-state index is 0.141. The molecule has 2 amide bonds. The molecule has 1 aromatic heterocycles. The number of piperazine rings is 1. The molecule has 3 heterocycles. The SMILES string of the molecule is O=C(CCC1CCCN(C(=O)c2ccsc2)C1)N1CCN(Cc2ccccc2)CC1. The number of thiophene rings is 1. The summed E-state index contributed by atoms with van der Waals surface area (Å²) in [5, 5.41) is 3.87. The van der Waals surface area contributed by atoms with E-state index < -0.39 is 0 Å². The Labute approximate surface area is 183 Å². The highest BCUT2D eigenvalue weighted by Gasteiger charge is 2.26. The number of carbonyl (C=O) groups is 2. The fourth-order valence-electron chi connectivity index (χ4n) is 4.54. The van der Waals surface area contributed by atoms with Crippen molar-refractivity contribution in [3.05, 3.63) is 58.3 Å². The van der Waals surface area contributed by atoms with Crippen LogP contribution in [0.1, 0.15) is 41.6 Å². The molecule has 4 rings (SSSR count). The van der Waals surface area contributed by atoms with Crippen LogP contribution in [-0.2, 0) is 11.3 Å². The molecule has 0 saturated carbocycles. The summed E-state index contributed by atoms with van der Waals surface area (Å²) in [4.78, 5) is 31.8. The van der Waals surface area contributed by atoms with Crippen LogP contribution < -0.4 is 0 Å². The Bertz CT molecular complexity index is 816. The van der Waals surface area contributed by atoms with Crippen LogP contribution in [0.5, 0.6) is 0 Å². The minimum Gasteiger partial charge on any atom is -0.340 e. The van der Waals surface area contributed by atoms with E-state index in [0.29, 0.717) is 12.3 Å². The van der Waals surface area contributed by atoms with Gasteiger partial charge in [0, 0.05) is 57.6 Å². The fourth-order valence-corrected chi connectivity index (χ4v) is 5.17. The van der Waals surface area contributed by atoms with Gasteiger partial charge in [0.15, 0.2) is 0 Å². The number of amides is 2. The Morgan fingerprint density at radius 1 is 0.967 bits per heavy atom. The molecule has 2 fully saturated rings. The predicted octanol–water partition coefficient (Wildman–Crippen LogP) is 3.72. The fraction of sp³-hybridized carbons (Fsp3) is 0.500. The number of rotatable bonds is 6. The van der Waals surface area contributed by atoms with Crippen molar-refractivity contribution < 1.29 is 9.59 Å². The molecule has 1 atom stereocenters. The van der Waals surface area contributed by atoms with Crippen LogP contribution in [-0.4, -0.2) is 65.8 Å². The van der Waals surface area contributed by atoms with Crippen LogP contribution in [0.2, 0.25) is 0 Å². The number of hydrogen-bond donors (Lipinski definition) is 0. The third kappa shape index (κ3) is 5.49. The standard InChI is InChI=1S/C24H31N3O2S/c28-23(26-14-12-25(13-15-26)17-20-5-2-1-3-6-20)9-8-21-7-4-11-27(18-21)24(29)22-10-16-30-19-22/h1-3,5-6,10,16,19,21H,4,7-9,11-15,17-18H2. The highest BCUT2D eigenvalue weighted by Crippen LogP contribution is 2.23. The minimum atomic E-state index is 0.141. The van der Waals surface area contributed by atoms with Gasteiger partial charge in [0.2, 0.25) is 5.91 Å². The van der Waals surface area contributed by atoms with Crippen molar-refractivity contribution in [3.8, 4) is 0 Å². The van der Waals surface area contributed by atoms with Gasteiger partial charge in [0.1, 0.15) is 0 Å². The molecule has 160 valence electrons. The normalized spacial score (nSPS) is 20.3. The van der Waals surface area contributed by atoms with Gasteiger partial charge in [0.05, 0.1) is 5.56 Å². The molecule has 1 unspecified atom stereocenters. The molecule has 0 radical (unpaired) electrons. The molecule has 2 aliphatic rings. The van der Waals surface area contributed by atoms with Gasteiger partial charge in [-0.2, -0.15) is 11.3 Å². The summed E-state index contributed by atoms with van der Waals surface area (Å²) in [6.45, 7) is 6.09.